The van der Waals surface area contributed by atoms with Crippen molar-refractivity contribution in [2.45, 2.75) is 44.9 Å². The lowest BCUT2D eigenvalue weighted by atomic mass is 9.96. The molecule has 8 nitrogen and oxygen atoms in total. The molecule has 3 saturated heterocycles. The van der Waals surface area contributed by atoms with Crippen LogP contribution in [0, 0.1) is 11.8 Å². The summed E-state index contributed by atoms with van der Waals surface area (Å²) in [5, 5.41) is 3.56. The molecule has 0 radical (unpaired) electrons. The SMILES string of the molecule is COC(=O)C1CCN(c2ccc3c(=[N+]4CCCCC4)c4ccc(N5CCC(C(=O)OC)CC5)cc4oc3c2)CC1. The van der Waals surface area contributed by atoms with E-state index in [4.69, 9.17) is 13.9 Å². The number of carbonyl (C=O) groups is 2. The predicted molar refractivity (Wildman–Crippen MR) is 156 cm³/mol. The first kappa shape index (κ1) is 26.7. The zero-order chi connectivity index (χ0) is 27.6. The number of nitrogens with zero attached hydrogens (tertiary/aromatic N) is 3. The zero-order valence-corrected chi connectivity index (χ0v) is 23.7. The molecule has 0 aliphatic carbocycles. The van der Waals surface area contributed by atoms with E-state index in [9.17, 15) is 9.59 Å². The van der Waals surface area contributed by atoms with E-state index in [1.54, 1.807) is 0 Å². The van der Waals surface area contributed by atoms with Crippen LogP contribution in [0.4, 0.5) is 11.4 Å². The first-order valence-electron chi connectivity index (χ1n) is 14.8. The number of hydrogen-bond acceptors (Lipinski definition) is 7. The summed E-state index contributed by atoms with van der Waals surface area (Å²) in [7, 11) is 2.94. The molecule has 3 aliphatic rings. The minimum atomic E-state index is -0.101. The van der Waals surface area contributed by atoms with Gasteiger partial charge in [-0.2, -0.15) is 0 Å². The van der Waals surface area contributed by atoms with E-state index >= 15 is 0 Å². The molecule has 2 aromatic carbocycles. The minimum absolute atomic E-state index is 0.0165. The maximum Gasteiger partial charge on any atom is 0.308 e. The number of fused-ring (bicyclic) bond motifs is 2. The molecule has 212 valence electrons. The molecular formula is C32H40N3O5+. The lowest BCUT2D eigenvalue weighted by Crippen LogP contribution is -2.37. The van der Waals surface area contributed by atoms with Gasteiger partial charge in [0.2, 0.25) is 5.36 Å². The van der Waals surface area contributed by atoms with Gasteiger partial charge < -0.3 is 23.7 Å². The summed E-state index contributed by atoms with van der Waals surface area (Å²) in [5.41, 5.74) is 4.04. The molecule has 3 aliphatic heterocycles. The number of ether oxygens (including phenoxy) is 2. The topological polar surface area (TPSA) is 75.2 Å². The summed E-state index contributed by atoms with van der Waals surface area (Å²) in [5.74, 6) is -0.235. The Morgan fingerprint density at radius 1 is 0.725 bits per heavy atom. The van der Waals surface area contributed by atoms with Crippen LogP contribution in [0.5, 0.6) is 0 Å². The molecule has 0 bridgehead atoms. The highest BCUT2D eigenvalue weighted by atomic mass is 16.5. The third kappa shape index (κ3) is 5.16. The van der Waals surface area contributed by atoms with Crippen LogP contribution < -0.4 is 19.7 Å². The minimum Gasteiger partial charge on any atom is -0.469 e. The Bertz CT molecular complexity index is 1370. The van der Waals surface area contributed by atoms with Crippen LogP contribution in [0.3, 0.4) is 0 Å². The predicted octanol–water partition coefficient (Wildman–Crippen LogP) is 4.32. The molecule has 0 N–H and O–H groups in total. The van der Waals surface area contributed by atoms with Crippen LogP contribution in [0.15, 0.2) is 40.8 Å². The van der Waals surface area contributed by atoms with E-state index < -0.39 is 0 Å². The van der Waals surface area contributed by atoms with Crippen LogP contribution in [0.1, 0.15) is 44.9 Å². The Labute approximate surface area is 235 Å². The molecule has 6 rings (SSSR count). The number of anilines is 2. The fourth-order valence-corrected chi connectivity index (χ4v) is 6.78. The van der Waals surface area contributed by atoms with Crippen LogP contribution >= 0.6 is 0 Å². The average Bonchev–Trinajstić information content (AvgIpc) is 3.02. The quantitative estimate of drug-likeness (QED) is 0.274. The Morgan fingerprint density at radius 3 is 1.60 bits per heavy atom. The Kier molecular flexibility index (Phi) is 7.67. The van der Waals surface area contributed by atoms with Crippen molar-refractivity contribution >= 4 is 45.3 Å². The third-order valence-corrected chi connectivity index (χ3v) is 9.12. The molecule has 1 aromatic heterocycles. The van der Waals surface area contributed by atoms with E-state index in [0.717, 1.165) is 98.3 Å². The molecule has 0 atom stereocenters. The molecule has 4 heterocycles. The van der Waals surface area contributed by atoms with E-state index in [1.165, 1.54) is 38.8 Å². The molecular weight excluding hydrogens is 506 g/mol. The van der Waals surface area contributed by atoms with Gasteiger partial charge in [-0.3, -0.25) is 9.59 Å². The van der Waals surface area contributed by atoms with E-state index in [0.29, 0.717) is 0 Å². The van der Waals surface area contributed by atoms with Crippen LogP contribution in [0.2, 0.25) is 0 Å². The first-order valence-corrected chi connectivity index (χ1v) is 14.8. The van der Waals surface area contributed by atoms with E-state index in [2.05, 4.69) is 50.8 Å². The van der Waals surface area contributed by atoms with Crippen molar-refractivity contribution < 1.29 is 23.5 Å². The number of methoxy groups -OCH3 is 2. The highest BCUT2D eigenvalue weighted by molar-refractivity contribution is 5.92. The second-order valence-corrected chi connectivity index (χ2v) is 11.4. The highest BCUT2D eigenvalue weighted by Gasteiger charge is 2.28. The van der Waals surface area contributed by atoms with Gasteiger partial charge in [0.1, 0.15) is 24.3 Å². The summed E-state index contributed by atoms with van der Waals surface area (Å²) in [6.07, 6.45) is 6.89. The van der Waals surface area contributed by atoms with Crippen LogP contribution in [0.25, 0.3) is 21.9 Å². The van der Waals surface area contributed by atoms with Gasteiger partial charge in [0.05, 0.1) is 36.8 Å². The smallest absolute Gasteiger partial charge is 0.308 e. The number of benzene rings is 2. The molecule has 0 unspecified atom stereocenters. The molecule has 3 aromatic rings. The maximum atomic E-state index is 12.0. The van der Waals surface area contributed by atoms with Gasteiger partial charge in [-0.1, -0.05) is 0 Å². The zero-order valence-electron chi connectivity index (χ0n) is 23.7. The molecule has 0 spiro atoms. The lowest BCUT2D eigenvalue weighted by molar-refractivity contribution is -0.146. The van der Waals surface area contributed by atoms with Crippen molar-refractivity contribution in [1.29, 1.82) is 0 Å². The third-order valence-electron chi connectivity index (χ3n) is 9.12. The second-order valence-electron chi connectivity index (χ2n) is 11.4. The summed E-state index contributed by atoms with van der Waals surface area (Å²) in [6.45, 7) is 5.40. The number of rotatable bonds is 4. The van der Waals surface area contributed by atoms with Gasteiger partial charge in [-0.05, 0) is 56.4 Å². The largest absolute Gasteiger partial charge is 0.469 e. The van der Waals surface area contributed by atoms with Gasteiger partial charge in [-0.15, -0.1) is 0 Å². The van der Waals surface area contributed by atoms with Crippen molar-refractivity contribution in [1.82, 2.24) is 4.58 Å². The summed E-state index contributed by atoms with van der Waals surface area (Å²) < 4.78 is 19.1. The fourth-order valence-electron chi connectivity index (χ4n) is 6.78. The lowest BCUT2D eigenvalue weighted by Gasteiger charge is -2.32. The van der Waals surface area contributed by atoms with Gasteiger partial charge in [0.15, 0.2) is 0 Å². The maximum absolute atomic E-state index is 12.0. The fraction of sp³-hybridized carbons (Fsp3) is 0.531. The highest BCUT2D eigenvalue weighted by Crippen LogP contribution is 2.31. The standard InChI is InChI=1S/C32H40N3O5/c1-38-31(36)22-10-16-33(17-11-22)24-6-8-26-28(20-24)40-29-21-25(34-18-12-23(13-19-34)32(37)39-2)7-9-27(29)30(26)35-14-4-3-5-15-35/h6-9,20-23H,3-5,10-19H2,1-2H3/q+1. The number of piperidine rings is 3. The molecule has 0 amide bonds. The molecule has 3 fully saturated rings. The van der Waals surface area contributed by atoms with Gasteiger partial charge in [0.25, 0.3) is 0 Å². The van der Waals surface area contributed by atoms with Crippen molar-refractivity contribution in [2.75, 3.05) is 63.3 Å². The summed E-state index contributed by atoms with van der Waals surface area (Å²) in [6, 6.07) is 13.2. The van der Waals surface area contributed by atoms with Crippen molar-refractivity contribution in [3.8, 4) is 0 Å². The Balaban J connectivity index is 1.37. The van der Waals surface area contributed by atoms with Gasteiger partial charge >= 0.3 is 11.9 Å². The second kappa shape index (κ2) is 11.5. The van der Waals surface area contributed by atoms with Crippen LogP contribution in [-0.2, 0) is 19.1 Å². The Hall–Kier alpha value is -3.55. The van der Waals surface area contributed by atoms with Crippen molar-refractivity contribution in [3.05, 3.63) is 41.8 Å². The summed E-state index contributed by atoms with van der Waals surface area (Å²) >= 11 is 0. The number of hydrogen-bond donors (Lipinski definition) is 0. The van der Waals surface area contributed by atoms with Crippen molar-refractivity contribution in [3.63, 3.8) is 0 Å². The first-order chi connectivity index (χ1) is 19.6. The van der Waals surface area contributed by atoms with Gasteiger partial charge in [-0.25, -0.2) is 4.58 Å². The Morgan fingerprint density at radius 2 is 1.18 bits per heavy atom. The normalized spacial score (nSPS) is 19.3. The van der Waals surface area contributed by atoms with Crippen LogP contribution in [-0.4, -0.2) is 65.4 Å². The van der Waals surface area contributed by atoms with E-state index in [1.807, 2.05) is 0 Å². The average molecular weight is 547 g/mol. The monoisotopic (exact) mass is 546 g/mol. The summed E-state index contributed by atoms with van der Waals surface area (Å²) in [4.78, 5) is 28.7. The molecule has 8 heteroatoms. The number of esters is 2. The van der Waals surface area contributed by atoms with Gasteiger partial charge in [0, 0.05) is 62.5 Å². The number of carbonyl (C=O) groups excluding carboxylic acids is 2. The van der Waals surface area contributed by atoms with E-state index in [-0.39, 0.29) is 23.8 Å². The van der Waals surface area contributed by atoms with Crippen molar-refractivity contribution in [2.24, 2.45) is 11.8 Å². The molecule has 40 heavy (non-hydrogen) atoms. The molecule has 0 saturated carbocycles.